The van der Waals surface area contributed by atoms with Crippen LogP contribution in [-0.4, -0.2) is 36.7 Å². The molecule has 2 rings (SSSR count). The summed E-state index contributed by atoms with van der Waals surface area (Å²) in [5.74, 6) is 0.857. The van der Waals surface area contributed by atoms with Crippen molar-refractivity contribution in [3.8, 4) is 0 Å². The second kappa shape index (κ2) is 3.81. The lowest BCUT2D eigenvalue weighted by atomic mass is 10.1. The molecule has 0 aromatic carbocycles. The first-order chi connectivity index (χ1) is 6.29. The summed E-state index contributed by atoms with van der Waals surface area (Å²) in [6.07, 6.45) is 5.64. The molecule has 0 radical (unpaired) electrons. The van der Waals surface area contributed by atoms with Gasteiger partial charge in [-0.1, -0.05) is 6.08 Å². The molecular weight excluding hydrogens is 162 g/mol. The molecule has 0 N–H and O–H groups in total. The number of morpholine rings is 1. The lowest BCUT2D eigenvalue weighted by Gasteiger charge is -2.36. The monoisotopic (exact) mass is 181 g/mol. The lowest BCUT2D eigenvalue weighted by molar-refractivity contribution is -0.0827. The van der Waals surface area contributed by atoms with Gasteiger partial charge < -0.3 is 4.74 Å². The molecule has 2 nitrogen and oxygen atoms in total. The average molecular weight is 181 g/mol. The Hall–Kier alpha value is -0.340. The van der Waals surface area contributed by atoms with Crippen LogP contribution in [0.3, 0.4) is 0 Å². The van der Waals surface area contributed by atoms with Crippen LogP contribution < -0.4 is 0 Å². The van der Waals surface area contributed by atoms with E-state index in [-0.39, 0.29) is 0 Å². The van der Waals surface area contributed by atoms with Crippen LogP contribution in [0.15, 0.2) is 12.7 Å². The largest absolute Gasteiger partial charge is 0.372 e. The molecule has 0 bridgehead atoms. The van der Waals surface area contributed by atoms with E-state index in [1.807, 2.05) is 6.08 Å². The molecular formula is C11H19NO. The maximum absolute atomic E-state index is 5.91. The molecule has 1 saturated heterocycles. The summed E-state index contributed by atoms with van der Waals surface area (Å²) >= 11 is 0. The fourth-order valence-electron chi connectivity index (χ4n) is 2.14. The molecule has 2 heteroatoms. The summed E-state index contributed by atoms with van der Waals surface area (Å²) < 4.78 is 5.91. The van der Waals surface area contributed by atoms with Gasteiger partial charge in [0.2, 0.25) is 0 Å². The lowest BCUT2D eigenvalue weighted by Crippen LogP contribution is -2.47. The van der Waals surface area contributed by atoms with E-state index in [0.29, 0.717) is 12.2 Å². The Labute approximate surface area is 80.6 Å². The highest BCUT2D eigenvalue weighted by atomic mass is 16.5. The zero-order valence-corrected chi connectivity index (χ0v) is 8.41. The molecule has 13 heavy (non-hydrogen) atoms. The summed E-state index contributed by atoms with van der Waals surface area (Å²) in [5.41, 5.74) is 0. The van der Waals surface area contributed by atoms with Crippen molar-refractivity contribution >= 4 is 0 Å². The molecule has 1 aliphatic carbocycles. The highest BCUT2D eigenvalue weighted by Gasteiger charge is 2.36. The standard InChI is InChI=1S/C11H19NO/c1-3-6-12-7-9(2)13-11(8-12)10-4-5-10/h3,9-11H,1,4-8H2,2H3. The third kappa shape index (κ3) is 2.32. The quantitative estimate of drug-likeness (QED) is 0.614. The molecule has 74 valence electrons. The highest BCUT2D eigenvalue weighted by molar-refractivity contribution is 4.89. The van der Waals surface area contributed by atoms with Crippen molar-refractivity contribution in [3.05, 3.63) is 12.7 Å². The van der Waals surface area contributed by atoms with E-state index in [2.05, 4.69) is 18.4 Å². The van der Waals surface area contributed by atoms with Crippen LogP contribution >= 0.6 is 0 Å². The molecule has 0 spiro atoms. The van der Waals surface area contributed by atoms with Gasteiger partial charge >= 0.3 is 0 Å². The van der Waals surface area contributed by atoms with Gasteiger partial charge in [0.25, 0.3) is 0 Å². The fraction of sp³-hybridized carbons (Fsp3) is 0.818. The molecule has 2 fully saturated rings. The Kier molecular flexibility index (Phi) is 2.70. The zero-order chi connectivity index (χ0) is 9.26. The van der Waals surface area contributed by atoms with E-state index in [9.17, 15) is 0 Å². The van der Waals surface area contributed by atoms with Crippen LogP contribution in [0.2, 0.25) is 0 Å². The molecule has 1 aliphatic heterocycles. The molecule has 0 aromatic heterocycles. The number of hydrogen-bond acceptors (Lipinski definition) is 2. The second-order valence-electron chi connectivity index (χ2n) is 4.33. The SMILES string of the molecule is C=CCN1CC(C)OC(C2CC2)C1. The Balaban J connectivity index is 1.88. The maximum atomic E-state index is 5.91. The summed E-state index contributed by atoms with van der Waals surface area (Å²) in [5, 5.41) is 0. The topological polar surface area (TPSA) is 12.5 Å². The van der Waals surface area contributed by atoms with Crippen LogP contribution in [0.4, 0.5) is 0 Å². The predicted molar refractivity (Wildman–Crippen MR) is 53.7 cm³/mol. The molecule has 0 amide bonds. The number of nitrogens with zero attached hydrogens (tertiary/aromatic N) is 1. The minimum atomic E-state index is 0.402. The molecule has 2 unspecified atom stereocenters. The predicted octanol–water partition coefficient (Wildman–Crippen LogP) is 1.67. The highest BCUT2D eigenvalue weighted by Crippen LogP contribution is 2.36. The van der Waals surface area contributed by atoms with Gasteiger partial charge in [0.15, 0.2) is 0 Å². The summed E-state index contributed by atoms with van der Waals surface area (Å²) in [4.78, 5) is 2.45. The molecule has 2 aliphatic rings. The Morgan fingerprint density at radius 2 is 2.23 bits per heavy atom. The van der Waals surface area contributed by atoms with E-state index >= 15 is 0 Å². The van der Waals surface area contributed by atoms with Gasteiger partial charge in [0.05, 0.1) is 12.2 Å². The summed E-state index contributed by atoms with van der Waals surface area (Å²) in [6, 6.07) is 0. The summed E-state index contributed by atoms with van der Waals surface area (Å²) in [7, 11) is 0. The van der Waals surface area contributed by atoms with Gasteiger partial charge in [0, 0.05) is 19.6 Å². The van der Waals surface area contributed by atoms with E-state index in [0.717, 1.165) is 25.6 Å². The number of hydrogen-bond donors (Lipinski definition) is 0. The van der Waals surface area contributed by atoms with Gasteiger partial charge in [-0.2, -0.15) is 0 Å². The van der Waals surface area contributed by atoms with E-state index in [4.69, 9.17) is 4.74 Å². The van der Waals surface area contributed by atoms with Crippen molar-refractivity contribution in [3.63, 3.8) is 0 Å². The molecule has 1 heterocycles. The third-order valence-corrected chi connectivity index (χ3v) is 2.90. The second-order valence-corrected chi connectivity index (χ2v) is 4.33. The van der Waals surface area contributed by atoms with Gasteiger partial charge in [-0.25, -0.2) is 0 Å². The molecule has 1 saturated carbocycles. The maximum Gasteiger partial charge on any atom is 0.0734 e. The first-order valence-electron chi connectivity index (χ1n) is 5.28. The van der Waals surface area contributed by atoms with Crippen LogP contribution in [0, 0.1) is 5.92 Å². The van der Waals surface area contributed by atoms with Crippen molar-refractivity contribution in [1.29, 1.82) is 0 Å². The Morgan fingerprint density at radius 1 is 1.46 bits per heavy atom. The zero-order valence-electron chi connectivity index (χ0n) is 8.41. The first-order valence-corrected chi connectivity index (χ1v) is 5.28. The van der Waals surface area contributed by atoms with Crippen molar-refractivity contribution in [2.75, 3.05) is 19.6 Å². The minimum Gasteiger partial charge on any atom is -0.372 e. The third-order valence-electron chi connectivity index (χ3n) is 2.90. The summed E-state index contributed by atoms with van der Waals surface area (Å²) in [6.45, 7) is 9.14. The van der Waals surface area contributed by atoms with Gasteiger partial charge in [-0.05, 0) is 25.7 Å². The molecule has 0 aromatic rings. The Morgan fingerprint density at radius 3 is 2.85 bits per heavy atom. The minimum absolute atomic E-state index is 0.402. The van der Waals surface area contributed by atoms with Crippen molar-refractivity contribution < 1.29 is 4.74 Å². The van der Waals surface area contributed by atoms with Crippen molar-refractivity contribution in [2.24, 2.45) is 5.92 Å². The van der Waals surface area contributed by atoms with E-state index in [1.165, 1.54) is 12.8 Å². The Bertz CT molecular complexity index is 189. The van der Waals surface area contributed by atoms with Crippen LogP contribution in [0.1, 0.15) is 19.8 Å². The number of ether oxygens (including phenoxy) is 1. The average Bonchev–Trinajstić information content (AvgIpc) is 2.85. The van der Waals surface area contributed by atoms with Crippen LogP contribution in [-0.2, 0) is 4.74 Å². The number of rotatable bonds is 3. The van der Waals surface area contributed by atoms with Gasteiger partial charge in [-0.3, -0.25) is 4.90 Å². The smallest absolute Gasteiger partial charge is 0.0734 e. The van der Waals surface area contributed by atoms with Gasteiger partial charge in [0.1, 0.15) is 0 Å². The van der Waals surface area contributed by atoms with Crippen LogP contribution in [0.5, 0.6) is 0 Å². The fourth-order valence-corrected chi connectivity index (χ4v) is 2.14. The molecule has 2 atom stereocenters. The van der Waals surface area contributed by atoms with Crippen LogP contribution in [0.25, 0.3) is 0 Å². The van der Waals surface area contributed by atoms with Crippen molar-refractivity contribution in [2.45, 2.75) is 32.0 Å². The van der Waals surface area contributed by atoms with E-state index in [1.54, 1.807) is 0 Å². The van der Waals surface area contributed by atoms with Crippen molar-refractivity contribution in [1.82, 2.24) is 4.90 Å². The van der Waals surface area contributed by atoms with E-state index < -0.39 is 0 Å². The van der Waals surface area contributed by atoms with Gasteiger partial charge in [-0.15, -0.1) is 6.58 Å². The normalized spacial score (nSPS) is 36.1. The first kappa shape index (κ1) is 9.22.